The molecule has 1 aromatic rings. The van der Waals surface area contributed by atoms with E-state index < -0.39 is 0 Å². The van der Waals surface area contributed by atoms with Gasteiger partial charge < -0.3 is 15.7 Å². The fraction of sp³-hybridized carbons (Fsp3) is 0.538. The van der Waals surface area contributed by atoms with Gasteiger partial charge in [-0.15, -0.1) is 0 Å². The standard InChI is InChI=1S/C13H22N2O/c1-10(2)15(5-4-6-16)13-8-11(3)7-12(14)9-13/h7-10,16H,4-6,14H2,1-3H3. The topological polar surface area (TPSA) is 49.5 Å². The highest BCUT2D eigenvalue weighted by molar-refractivity contribution is 5.58. The third-order valence-corrected chi connectivity index (χ3v) is 2.60. The Morgan fingerprint density at radius 3 is 2.50 bits per heavy atom. The Morgan fingerprint density at radius 1 is 1.31 bits per heavy atom. The van der Waals surface area contributed by atoms with E-state index in [0.717, 1.165) is 24.3 Å². The summed E-state index contributed by atoms with van der Waals surface area (Å²) in [6.07, 6.45) is 0.784. The van der Waals surface area contributed by atoms with Crippen LogP contribution >= 0.6 is 0 Å². The smallest absolute Gasteiger partial charge is 0.0447 e. The first kappa shape index (κ1) is 12.8. The summed E-state index contributed by atoms with van der Waals surface area (Å²) in [4.78, 5) is 2.26. The summed E-state index contributed by atoms with van der Waals surface area (Å²) in [7, 11) is 0. The Kier molecular flexibility index (Phi) is 4.62. The highest BCUT2D eigenvalue weighted by atomic mass is 16.3. The number of aliphatic hydroxyl groups excluding tert-OH is 1. The summed E-state index contributed by atoms with van der Waals surface area (Å²) in [5.74, 6) is 0. The zero-order valence-electron chi connectivity index (χ0n) is 10.4. The summed E-state index contributed by atoms with van der Waals surface area (Å²) in [5.41, 5.74) is 8.96. The van der Waals surface area contributed by atoms with Crippen molar-refractivity contribution in [3.05, 3.63) is 23.8 Å². The molecule has 0 unspecified atom stereocenters. The molecular formula is C13H22N2O. The molecule has 0 aliphatic carbocycles. The minimum absolute atomic E-state index is 0.227. The van der Waals surface area contributed by atoms with Crippen LogP contribution in [-0.2, 0) is 0 Å². The maximum absolute atomic E-state index is 8.90. The van der Waals surface area contributed by atoms with Crippen LogP contribution in [0.3, 0.4) is 0 Å². The van der Waals surface area contributed by atoms with Crippen molar-refractivity contribution >= 4 is 11.4 Å². The van der Waals surface area contributed by atoms with Crippen LogP contribution in [0.1, 0.15) is 25.8 Å². The van der Waals surface area contributed by atoms with E-state index in [1.165, 1.54) is 5.56 Å². The van der Waals surface area contributed by atoms with Crippen LogP contribution in [0.4, 0.5) is 11.4 Å². The monoisotopic (exact) mass is 222 g/mol. The van der Waals surface area contributed by atoms with Gasteiger partial charge in [-0.05, 0) is 51.0 Å². The number of hydrogen-bond acceptors (Lipinski definition) is 3. The molecule has 0 atom stereocenters. The van der Waals surface area contributed by atoms with Crippen LogP contribution in [-0.4, -0.2) is 24.3 Å². The van der Waals surface area contributed by atoms with Crippen molar-refractivity contribution in [1.29, 1.82) is 0 Å². The van der Waals surface area contributed by atoms with Crippen LogP contribution in [0.25, 0.3) is 0 Å². The summed E-state index contributed by atoms with van der Waals surface area (Å²) in [6, 6.07) is 6.50. The van der Waals surface area contributed by atoms with Gasteiger partial charge in [0.1, 0.15) is 0 Å². The second-order valence-electron chi connectivity index (χ2n) is 4.47. The predicted octanol–water partition coefficient (Wildman–Crippen LogP) is 2.17. The third-order valence-electron chi connectivity index (χ3n) is 2.60. The number of nitrogens with two attached hydrogens (primary N) is 1. The Labute approximate surface area is 97.9 Å². The normalized spacial score (nSPS) is 10.8. The maximum atomic E-state index is 8.90. The van der Waals surface area contributed by atoms with Crippen molar-refractivity contribution in [2.24, 2.45) is 0 Å². The Balaban J connectivity index is 2.91. The molecule has 3 nitrogen and oxygen atoms in total. The molecule has 1 aromatic carbocycles. The fourth-order valence-electron chi connectivity index (χ4n) is 1.88. The molecule has 0 saturated heterocycles. The molecule has 0 bridgehead atoms. The molecule has 0 aliphatic heterocycles. The molecule has 0 aromatic heterocycles. The minimum Gasteiger partial charge on any atom is -0.399 e. The van der Waals surface area contributed by atoms with Crippen LogP contribution in [0.2, 0.25) is 0 Å². The molecule has 3 N–H and O–H groups in total. The molecule has 0 heterocycles. The first-order valence-corrected chi connectivity index (χ1v) is 5.79. The number of rotatable bonds is 5. The zero-order chi connectivity index (χ0) is 12.1. The van der Waals surface area contributed by atoms with Crippen molar-refractivity contribution in [3.8, 4) is 0 Å². The van der Waals surface area contributed by atoms with Gasteiger partial charge in [0.25, 0.3) is 0 Å². The average molecular weight is 222 g/mol. The number of nitrogen functional groups attached to an aromatic ring is 1. The molecule has 0 saturated carbocycles. The zero-order valence-corrected chi connectivity index (χ0v) is 10.4. The van der Waals surface area contributed by atoms with Crippen molar-refractivity contribution in [1.82, 2.24) is 0 Å². The molecular weight excluding hydrogens is 200 g/mol. The average Bonchev–Trinajstić information content (AvgIpc) is 2.16. The highest BCUT2D eigenvalue weighted by Crippen LogP contribution is 2.22. The molecule has 3 heteroatoms. The summed E-state index contributed by atoms with van der Waals surface area (Å²) in [6.45, 7) is 7.43. The summed E-state index contributed by atoms with van der Waals surface area (Å²) in [5, 5.41) is 8.90. The van der Waals surface area contributed by atoms with E-state index in [2.05, 4.69) is 24.8 Å². The van der Waals surface area contributed by atoms with Crippen molar-refractivity contribution in [3.63, 3.8) is 0 Å². The van der Waals surface area contributed by atoms with Crippen LogP contribution in [0.15, 0.2) is 18.2 Å². The van der Waals surface area contributed by atoms with E-state index in [1.807, 2.05) is 19.1 Å². The lowest BCUT2D eigenvalue weighted by Gasteiger charge is -2.29. The number of hydrogen-bond donors (Lipinski definition) is 2. The lowest BCUT2D eigenvalue weighted by atomic mass is 10.1. The largest absolute Gasteiger partial charge is 0.399 e. The number of aliphatic hydroxyl groups is 1. The van der Waals surface area contributed by atoms with Gasteiger partial charge in [0.05, 0.1) is 0 Å². The van der Waals surface area contributed by atoms with Gasteiger partial charge in [0.2, 0.25) is 0 Å². The van der Waals surface area contributed by atoms with Gasteiger partial charge in [-0.2, -0.15) is 0 Å². The highest BCUT2D eigenvalue weighted by Gasteiger charge is 2.10. The van der Waals surface area contributed by atoms with Crippen molar-refractivity contribution in [2.45, 2.75) is 33.2 Å². The Morgan fingerprint density at radius 2 is 2.00 bits per heavy atom. The van der Waals surface area contributed by atoms with Gasteiger partial charge in [-0.3, -0.25) is 0 Å². The van der Waals surface area contributed by atoms with E-state index in [1.54, 1.807) is 0 Å². The molecule has 0 aliphatic rings. The number of aryl methyl sites for hydroxylation is 1. The molecule has 1 rings (SSSR count). The van der Waals surface area contributed by atoms with E-state index in [9.17, 15) is 0 Å². The van der Waals surface area contributed by atoms with Gasteiger partial charge >= 0.3 is 0 Å². The number of benzene rings is 1. The van der Waals surface area contributed by atoms with Gasteiger partial charge in [-0.1, -0.05) is 0 Å². The first-order chi connectivity index (χ1) is 7.54. The third kappa shape index (κ3) is 3.42. The van der Waals surface area contributed by atoms with Gasteiger partial charge in [0, 0.05) is 30.6 Å². The first-order valence-electron chi connectivity index (χ1n) is 5.79. The van der Waals surface area contributed by atoms with E-state index in [4.69, 9.17) is 10.8 Å². The molecule has 0 fully saturated rings. The number of nitrogens with zero attached hydrogens (tertiary/aromatic N) is 1. The Bertz CT molecular complexity index is 316. The quantitative estimate of drug-likeness (QED) is 0.751. The molecule has 0 spiro atoms. The fourth-order valence-corrected chi connectivity index (χ4v) is 1.88. The van der Waals surface area contributed by atoms with Crippen LogP contribution < -0.4 is 10.6 Å². The van der Waals surface area contributed by atoms with E-state index in [-0.39, 0.29) is 6.61 Å². The minimum atomic E-state index is 0.227. The van der Waals surface area contributed by atoms with E-state index >= 15 is 0 Å². The van der Waals surface area contributed by atoms with E-state index in [0.29, 0.717) is 6.04 Å². The van der Waals surface area contributed by atoms with Crippen molar-refractivity contribution < 1.29 is 5.11 Å². The Hall–Kier alpha value is -1.22. The van der Waals surface area contributed by atoms with Crippen LogP contribution in [0, 0.1) is 6.92 Å². The number of anilines is 2. The lowest BCUT2D eigenvalue weighted by molar-refractivity contribution is 0.288. The van der Waals surface area contributed by atoms with Gasteiger partial charge in [-0.25, -0.2) is 0 Å². The second kappa shape index (κ2) is 5.75. The second-order valence-corrected chi connectivity index (χ2v) is 4.47. The summed E-state index contributed by atoms with van der Waals surface area (Å²) >= 11 is 0. The lowest BCUT2D eigenvalue weighted by Crippen LogP contribution is -2.32. The molecule has 0 amide bonds. The van der Waals surface area contributed by atoms with Gasteiger partial charge in [0.15, 0.2) is 0 Å². The molecule has 0 radical (unpaired) electrons. The van der Waals surface area contributed by atoms with Crippen molar-refractivity contribution in [2.75, 3.05) is 23.8 Å². The molecule has 16 heavy (non-hydrogen) atoms. The maximum Gasteiger partial charge on any atom is 0.0447 e. The SMILES string of the molecule is Cc1cc(N)cc(N(CCCO)C(C)C)c1. The molecule has 90 valence electrons. The predicted molar refractivity (Wildman–Crippen MR) is 69.8 cm³/mol. The summed E-state index contributed by atoms with van der Waals surface area (Å²) < 4.78 is 0. The van der Waals surface area contributed by atoms with Crippen LogP contribution in [0.5, 0.6) is 0 Å².